The lowest BCUT2D eigenvalue weighted by molar-refractivity contribution is -0.119. The number of hydrogen-bond acceptors (Lipinski definition) is 2. The molecule has 2 heteroatoms. The quantitative estimate of drug-likeness (QED) is 0.706. The molecule has 2 nitrogen and oxygen atoms in total. The molecule has 1 saturated carbocycles. The number of carbonyl (C=O) groups is 1. The smallest absolute Gasteiger partial charge is 0.140 e. The molecule has 0 saturated heterocycles. The van der Waals surface area contributed by atoms with Crippen molar-refractivity contribution in [2.45, 2.75) is 52.1 Å². The Kier molecular flexibility index (Phi) is 5.70. The molecule has 0 bridgehead atoms. The third-order valence-electron chi connectivity index (χ3n) is 5.20. The van der Waals surface area contributed by atoms with E-state index in [0.29, 0.717) is 37.3 Å². The van der Waals surface area contributed by atoms with Gasteiger partial charge in [-0.15, -0.1) is 0 Å². The fraction of sp³-hybridized carbons (Fsp3) is 0.435. The van der Waals surface area contributed by atoms with Crippen LogP contribution in [-0.2, 0) is 16.1 Å². The Bertz CT molecular complexity index is 732. The lowest BCUT2D eigenvalue weighted by Crippen LogP contribution is -2.18. The van der Waals surface area contributed by atoms with Crippen molar-refractivity contribution in [3.8, 4) is 0 Å². The minimum atomic E-state index is -0.00351. The van der Waals surface area contributed by atoms with E-state index in [4.69, 9.17) is 4.74 Å². The van der Waals surface area contributed by atoms with Gasteiger partial charge in [-0.3, -0.25) is 4.79 Å². The largest absolute Gasteiger partial charge is 0.376 e. The van der Waals surface area contributed by atoms with Crippen molar-refractivity contribution in [2.75, 3.05) is 6.61 Å². The van der Waals surface area contributed by atoms with E-state index in [1.807, 2.05) is 0 Å². The summed E-state index contributed by atoms with van der Waals surface area (Å²) in [7, 11) is 0. The second-order valence-electron chi connectivity index (χ2n) is 7.57. The average molecular weight is 336 g/mol. The molecule has 0 radical (unpaired) electrons. The Hall–Kier alpha value is -1.93. The second-order valence-corrected chi connectivity index (χ2v) is 7.57. The molecule has 1 aliphatic carbocycles. The minimum absolute atomic E-state index is 0.00351. The van der Waals surface area contributed by atoms with Gasteiger partial charge in [-0.25, -0.2) is 0 Å². The number of rotatable bonds is 6. The molecule has 1 aliphatic rings. The van der Waals surface area contributed by atoms with E-state index in [1.54, 1.807) is 0 Å². The van der Waals surface area contributed by atoms with E-state index < -0.39 is 0 Å². The molecule has 3 rings (SSSR count). The van der Waals surface area contributed by atoms with Crippen molar-refractivity contribution in [1.29, 1.82) is 0 Å². The highest BCUT2D eigenvalue weighted by atomic mass is 16.5. The van der Waals surface area contributed by atoms with Crippen LogP contribution in [-0.4, -0.2) is 12.4 Å². The standard InChI is InChI=1S/C23H28O2/c1-16(2)19-8-5-9-20(13-19)23-21(10-11-22(23)24)15-25-14-18-7-4-6-17(3)12-18/h4-9,12-13,16,21,23H,10-11,14-15H2,1-3H3. The molecule has 132 valence electrons. The SMILES string of the molecule is Cc1cccc(COCC2CCC(=O)C2c2cccc(C(C)C)c2)c1. The summed E-state index contributed by atoms with van der Waals surface area (Å²) in [4.78, 5) is 12.5. The molecule has 0 N–H and O–H groups in total. The van der Waals surface area contributed by atoms with Gasteiger partial charge in [0.15, 0.2) is 0 Å². The number of carbonyl (C=O) groups excluding carboxylic acids is 1. The summed E-state index contributed by atoms with van der Waals surface area (Å²) in [6, 6.07) is 17.0. The van der Waals surface area contributed by atoms with Gasteiger partial charge in [-0.2, -0.15) is 0 Å². The highest BCUT2D eigenvalue weighted by molar-refractivity contribution is 5.88. The zero-order valence-corrected chi connectivity index (χ0v) is 15.5. The molecule has 0 aromatic heterocycles. The fourth-order valence-electron chi connectivity index (χ4n) is 3.79. The first-order chi connectivity index (χ1) is 12.0. The van der Waals surface area contributed by atoms with Crippen molar-refractivity contribution in [1.82, 2.24) is 0 Å². The predicted octanol–water partition coefficient (Wildman–Crippen LogP) is 5.40. The van der Waals surface area contributed by atoms with Gasteiger partial charge in [0.25, 0.3) is 0 Å². The third kappa shape index (κ3) is 4.38. The van der Waals surface area contributed by atoms with E-state index in [2.05, 4.69) is 69.3 Å². The number of ketones is 1. The van der Waals surface area contributed by atoms with Gasteiger partial charge >= 0.3 is 0 Å². The van der Waals surface area contributed by atoms with E-state index in [1.165, 1.54) is 16.7 Å². The molecule has 25 heavy (non-hydrogen) atoms. The summed E-state index contributed by atoms with van der Waals surface area (Å²) in [5, 5.41) is 0. The maximum Gasteiger partial charge on any atom is 0.140 e. The molecule has 0 heterocycles. The van der Waals surface area contributed by atoms with Gasteiger partial charge in [-0.1, -0.05) is 67.9 Å². The lowest BCUT2D eigenvalue weighted by atomic mass is 9.86. The average Bonchev–Trinajstić information content (AvgIpc) is 2.96. The van der Waals surface area contributed by atoms with Gasteiger partial charge in [-0.05, 0) is 41.9 Å². The topological polar surface area (TPSA) is 26.3 Å². The van der Waals surface area contributed by atoms with Crippen molar-refractivity contribution in [2.24, 2.45) is 5.92 Å². The Labute approximate surface area is 151 Å². The number of aryl methyl sites for hydroxylation is 1. The lowest BCUT2D eigenvalue weighted by Gasteiger charge is -2.20. The van der Waals surface area contributed by atoms with E-state index in [0.717, 1.165) is 12.0 Å². The van der Waals surface area contributed by atoms with Crippen molar-refractivity contribution < 1.29 is 9.53 Å². The van der Waals surface area contributed by atoms with Crippen LogP contribution in [0, 0.1) is 12.8 Å². The maximum atomic E-state index is 12.5. The highest BCUT2D eigenvalue weighted by Crippen LogP contribution is 2.38. The molecule has 1 fully saturated rings. The van der Waals surface area contributed by atoms with Gasteiger partial charge < -0.3 is 4.74 Å². The Morgan fingerprint density at radius 2 is 1.92 bits per heavy atom. The molecular formula is C23H28O2. The molecule has 2 unspecified atom stereocenters. The Balaban J connectivity index is 1.66. The van der Waals surface area contributed by atoms with Crippen LogP contribution in [0.15, 0.2) is 48.5 Å². The summed E-state index contributed by atoms with van der Waals surface area (Å²) in [6.45, 7) is 7.74. The predicted molar refractivity (Wildman–Crippen MR) is 102 cm³/mol. The zero-order chi connectivity index (χ0) is 17.8. The number of Topliss-reactive ketones (excluding diaryl/α,β-unsaturated/α-hetero) is 1. The van der Waals surface area contributed by atoms with Crippen LogP contribution in [0.1, 0.15) is 60.8 Å². The van der Waals surface area contributed by atoms with E-state index in [9.17, 15) is 4.79 Å². The van der Waals surface area contributed by atoms with Crippen LogP contribution in [0.4, 0.5) is 0 Å². The first-order valence-electron chi connectivity index (χ1n) is 9.30. The second kappa shape index (κ2) is 7.97. The van der Waals surface area contributed by atoms with Crippen molar-refractivity contribution in [3.05, 3.63) is 70.8 Å². The third-order valence-corrected chi connectivity index (χ3v) is 5.20. The maximum absolute atomic E-state index is 12.5. The fourth-order valence-corrected chi connectivity index (χ4v) is 3.79. The molecule has 2 aromatic rings. The number of hydrogen-bond donors (Lipinski definition) is 0. The first-order valence-corrected chi connectivity index (χ1v) is 9.30. The Morgan fingerprint density at radius 1 is 1.12 bits per heavy atom. The molecule has 2 aromatic carbocycles. The van der Waals surface area contributed by atoms with E-state index in [-0.39, 0.29) is 5.92 Å². The van der Waals surface area contributed by atoms with Crippen LogP contribution in [0.25, 0.3) is 0 Å². The summed E-state index contributed by atoms with van der Waals surface area (Å²) in [5.74, 6) is 1.13. The van der Waals surface area contributed by atoms with Crippen LogP contribution in [0.2, 0.25) is 0 Å². The van der Waals surface area contributed by atoms with E-state index >= 15 is 0 Å². The van der Waals surface area contributed by atoms with Crippen molar-refractivity contribution in [3.63, 3.8) is 0 Å². The van der Waals surface area contributed by atoms with Gasteiger partial charge in [0.05, 0.1) is 13.2 Å². The minimum Gasteiger partial charge on any atom is -0.376 e. The molecular weight excluding hydrogens is 308 g/mol. The summed E-state index contributed by atoms with van der Waals surface area (Å²) < 4.78 is 5.98. The molecule has 2 atom stereocenters. The number of ether oxygens (including phenoxy) is 1. The van der Waals surface area contributed by atoms with Gasteiger partial charge in [0, 0.05) is 12.3 Å². The van der Waals surface area contributed by atoms with Gasteiger partial charge in [0.2, 0.25) is 0 Å². The molecule has 0 aliphatic heterocycles. The monoisotopic (exact) mass is 336 g/mol. The van der Waals surface area contributed by atoms with Crippen LogP contribution in [0.3, 0.4) is 0 Å². The van der Waals surface area contributed by atoms with Gasteiger partial charge in [0.1, 0.15) is 5.78 Å². The summed E-state index contributed by atoms with van der Waals surface area (Å²) in [6.07, 6.45) is 1.61. The molecule has 0 amide bonds. The highest BCUT2D eigenvalue weighted by Gasteiger charge is 2.35. The Morgan fingerprint density at radius 3 is 2.68 bits per heavy atom. The number of benzene rings is 2. The van der Waals surface area contributed by atoms with Crippen LogP contribution < -0.4 is 0 Å². The normalized spacial score (nSPS) is 20.4. The zero-order valence-electron chi connectivity index (χ0n) is 15.5. The van der Waals surface area contributed by atoms with Crippen LogP contribution in [0.5, 0.6) is 0 Å². The first kappa shape index (κ1) is 17.9. The van der Waals surface area contributed by atoms with Crippen LogP contribution >= 0.6 is 0 Å². The summed E-state index contributed by atoms with van der Waals surface area (Å²) >= 11 is 0. The summed E-state index contributed by atoms with van der Waals surface area (Å²) in [5.41, 5.74) is 4.91. The molecule has 0 spiro atoms. The van der Waals surface area contributed by atoms with Crippen molar-refractivity contribution >= 4 is 5.78 Å².